The summed E-state index contributed by atoms with van der Waals surface area (Å²) in [6.07, 6.45) is 1.03. The van der Waals surface area contributed by atoms with Gasteiger partial charge in [-0.2, -0.15) is 0 Å². The van der Waals surface area contributed by atoms with Crippen LogP contribution in [-0.2, 0) is 0 Å². The van der Waals surface area contributed by atoms with Gasteiger partial charge in [-0.3, -0.25) is 0 Å². The summed E-state index contributed by atoms with van der Waals surface area (Å²) in [5.41, 5.74) is 2.36. The first-order valence-corrected chi connectivity index (χ1v) is 7.33. The van der Waals surface area contributed by atoms with Crippen molar-refractivity contribution in [3.63, 3.8) is 0 Å². The van der Waals surface area contributed by atoms with Gasteiger partial charge < -0.3 is 5.32 Å². The zero-order valence-corrected chi connectivity index (χ0v) is 12.7. The van der Waals surface area contributed by atoms with E-state index < -0.39 is 11.6 Å². The average Bonchev–Trinajstić information content (AvgIpc) is 2.50. The van der Waals surface area contributed by atoms with Crippen molar-refractivity contribution in [3.8, 4) is 11.1 Å². The van der Waals surface area contributed by atoms with E-state index >= 15 is 0 Å². The van der Waals surface area contributed by atoms with Crippen LogP contribution in [-0.4, -0.2) is 6.54 Å². The van der Waals surface area contributed by atoms with Gasteiger partial charge in [0.2, 0.25) is 0 Å². The second kappa shape index (κ2) is 6.81. The van der Waals surface area contributed by atoms with Crippen LogP contribution in [0.15, 0.2) is 36.4 Å². The topological polar surface area (TPSA) is 12.0 Å². The van der Waals surface area contributed by atoms with E-state index in [1.165, 1.54) is 0 Å². The summed E-state index contributed by atoms with van der Waals surface area (Å²) in [6, 6.07) is 10.9. The molecule has 0 heterocycles. The Kier molecular flexibility index (Phi) is 5.07. The Morgan fingerprint density at radius 2 is 1.71 bits per heavy atom. The highest BCUT2D eigenvalue weighted by atomic mass is 19.2. The molecule has 0 saturated carbocycles. The average molecular weight is 289 g/mol. The molecule has 1 nitrogen and oxygen atoms in total. The van der Waals surface area contributed by atoms with E-state index in [-0.39, 0.29) is 6.04 Å². The molecule has 0 aliphatic carbocycles. The quantitative estimate of drug-likeness (QED) is 0.816. The molecule has 1 unspecified atom stereocenters. The van der Waals surface area contributed by atoms with E-state index in [1.807, 2.05) is 31.2 Å². The van der Waals surface area contributed by atoms with E-state index in [1.54, 1.807) is 19.1 Å². The fourth-order valence-electron chi connectivity index (χ4n) is 2.44. The van der Waals surface area contributed by atoms with Gasteiger partial charge in [0, 0.05) is 11.6 Å². The first-order valence-electron chi connectivity index (χ1n) is 7.33. The smallest absolute Gasteiger partial charge is 0.166 e. The lowest BCUT2D eigenvalue weighted by molar-refractivity contribution is 0.505. The lowest BCUT2D eigenvalue weighted by Gasteiger charge is -2.18. The fourth-order valence-corrected chi connectivity index (χ4v) is 2.44. The maximum atomic E-state index is 14.2. The Labute approximate surface area is 125 Å². The van der Waals surface area contributed by atoms with Crippen LogP contribution in [0.5, 0.6) is 0 Å². The van der Waals surface area contributed by atoms with Crippen LogP contribution in [0.4, 0.5) is 8.78 Å². The highest BCUT2D eigenvalue weighted by Crippen LogP contribution is 2.31. The molecule has 0 aliphatic heterocycles. The summed E-state index contributed by atoms with van der Waals surface area (Å²) in [7, 11) is 0. The number of rotatable bonds is 5. The maximum Gasteiger partial charge on any atom is 0.166 e. The fraction of sp³-hybridized carbons (Fsp3) is 0.333. The summed E-state index contributed by atoms with van der Waals surface area (Å²) < 4.78 is 28.1. The molecule has 0 aliphatic rings. The Morgan fingerprint density at radius 1 is 1.00 bits per heavy atom. The van der Waals surface area contributed by atoms with Crippen molar-refractivity contribution in [3.05, 3.63) is 59.2 Å². The summed E-state index contributed by atoms with van der Waals surface area (Å²) in [4.78, 5) is 0. The number of nitrogens with one attached hydrogen (secondary N) is 1. The van der Waals surface area contributed by atoms with Gasteiger partial charge in [-0.15, -0.1) is 0 Å². The zero-order valence-electron chi connectivity index (χ0n) is 12.7. The predicted molar refractivity (Wildman–Crippen MR) is 83.2 cm³/mol. The SMILES string of the molecule is CCCNC(C)c1ccccc1-c1ccc(C)c(F)c1F. The largest absolute Gasteiger partial charge is 0.310 e. The van der Waals surface area contributed by atoms with Gasteiger partial charge in [0.25, 0.3) is 0 Å². The Morgan fingerprint density at radius 3 is 2.43 bits per heavy atom. The van der Waals surface area contributed by atoms with Crippen molar-refractivity contribution in [1.29, 1.82) is 0 Å². The molecule has 2 aromatic carbocycles. The Balaban J connectivity index is 2.48. The zero-order chi connectivity index (χ0) is 15.4. The van der Waals surface area contributed by atoms with E-state index in [0.717, 1.165) is 24.1 Å². The molecule has 0 saturated heterocycles. The minimum atomic E-state index is -0.773. The number of benzene rings is 2. The van der Waals surface area contributed by atoms with Crippen LogP contribution < -0.4 is 5.32 Å². The summed E-state index contributed by atoms with van der Waals surface area (Å²) in [6.45, 7) is 6.59. The molecule has 0 radical (unpaired) electrons. The number of hydrogen-bond acceptors (Lipinski definition) is 1. The van der Waals surface area contributed by atoms with Crippen molar-refractivity contribution < 1.29 is 8.78 Å². The third-order valence-corrected chi connectivity index (χ3v) is 3.69. The van der Waals surface area contributed by atoms with Crippen LogP contribution in [0.1, 0.15) is 37.4 Å². The highest BCUT2D eigenvalue weighted by molar-refractivity contribution is 5.69. The standard InChI is InChI=1S/C18H21F2N/c1-4-11-21-13(3)14-7-5-6-8-15(14)16-10-9-12(2)17(19)18(16)20/h5-10,13,21H,4,11H2,1-3H3. The maximum absolute atomic E-state index is 14.2. The minimum absolute atomic E-state index is 0.0879. The van der Waals surface area contributed by atoms with E-state index in [2.05, 4.69) is 12.2 Å². The molecule has 3 heteroatoms. The lowest BCUT2D eigenvalue weighted by Crippen LogP contribution is -2.20. The summed E-state index contributed by atoms with van der Waals surface area (Å²) in [5.74, 6) is -1.54. The van der Waals surface area contributed by atoms with Crippen LogP contribution in [0.3, 0.4) is 0 Å². The van der Waals surface area contributed by atoms with E-state index in [9.17, 15) is 8.78 Å². The molecule has 0 bridgehead atoms. The first-order chi connectivity index (χ1) is 10.1. The van der Waals surface area contributed by atoms with Crippen molar-refractivity contribution in [2.24, 2.45) is 0 Å². The number of halogens is 2. The van der Waals surface area contributed by atoms with Crippen LogP contribution >= 0.6 is 0 Å². The molecular weight excluding hydrogens is 268 g/mol. The molecular formula is C18H21F2N. The van der Waals surface area contributed by atoms with Gasteiger partial charge in [0.15, 0.2) is 11.6 Å². The molecule has 2 rings (SSSR count). The molecule has 112 valence electrons. The van der Waals surface area contributed by atoms with Gasteiger partial charge in [-0.1, -0.05) is 43.3 Å². The first kappa shape index (κ1) is 15.6. The van der Waals surface area contributed by atoms with Crippen molar-refractivity contribution in [2.75, 3.05) is 6.54 Å². The Hall–Kier alpha value is -1.74. The predicted octanol–water partition coefficient (Wildman–Crippen LogP) is 5.00. The second-order valence-corrected chi connectivity index (χ2v) is 5.32. The monoisotopic (exact) mass is 289 g/mol. The van der Waals surface area contributed by atoms with Crippen LogP contribution in [0.2, 0.25) is 0 Å². The van der Waals surface area contributed by atoms with Gasteiger partial charge in [-0.05, 0) is 43.5 Å². The summed E-state index contributed by atoms with van der Waals surface area (Å²) >= 11 is 0. The Bertz CT molecular complexity index is 623. The van der Waals surface area contributed by atoms with Crippen LogP contribution in [0, 0.1) is 18.6 Å². The molecule has 21 heavy (non-hydrogen) atoms. The van der Waals surface area contributed by atoms with E-state index in [4.69, 9.17) is 0 Å². The third kappa shape index (κ3) is 3.30. The van der Waals surface area contributed by atoms with Gasteiger partial charge in [-0.25, -0.2) is 8.78 Å². The van der Waals surface area contributed by atoms with E-state index in [0.29, 0.717) is 11.1 Å². The molecule has 2 aromatic rings. The molecule has 0 spiro atoms. The normalized spacial score (nSPS) is 12.4. The molecule has 0 amide bonds. The van der Waals surface area contributed by atoms with Crippen molar-refractivity contribution >= 4 is 0 Å². The summed E-state index contributed by atoms with van der Waals surface area (Å²) in [5, 5.41) is 3.39. The molecule has 0 aromatic heterocycles. The van der Waals surface area contributed by atoms with Crippen LogP contribution in [0.25, 0.3) is 11.1 Å². The van der Waals surface area contributed by atoms with Crippen molar-refractivity contribution in [1.82, 2.24) is 5.32 Å². The minimum Gasteiger partial charge on any atom is -0.310 e. The van der Waals surface area contributed by atoms with Crippen molar-refractivity contribution in [2.45, 2.75) is 33.2 Å². The molecule has 0 fully saturated rings. The van der Waals surface area contributed by atoms with Gasteiger partial charge >= 0.3 is 0 Å². The van der Waals surface area contributed by atoms with Gasteiger partial charge in [0.1, 0.15) is 0 Å². The number of aryl methyl sites for hydroxylation is 1. The highest BCUT2D eigenvalue weighted by Gasteiger charge is 2.17. The lowest BCUT2D eigenvalue weighted by atomic mass is 9.94. The number of hydrogen-bond donors (Lipinski definition) is 1. The molecule has 1 atom stereocenters. The molecule has 1 N–H and O–H groups in total. The van der Waals surface area contributed by atoms with Gasteiger partial charge in [0.05, 0.1) is 0 Å². The second-order valence-electron chi connectivity index (χ2n) is 5.32. The third-order valence-electron chi connectivity index (χ3n) is 3.69.